The topological polar surface area (TPSA) is 29.5 Å². The summed E-state index contributed by atoms with van der Waals surface area (Å²) in [6.45, 7) is 7.77. The lowest BCUT2D eigenvalue weighted by molar-refractivity contribution is -0.150. The van der Waals surface area contributed by atoms with Crippen LogP contribution in [0.5, 0.6) is 0 Å². The highest BCUT2D eigenvalue weighted by atomic mass is 16.5. The van der Waals surface area contributed by atoms with Crippen LogP contribution in [0.15, 0.2) is 36.0 Å². The first-order chi connectivity index (χ1) is 22.5. The third-order valence-corrected chi connectivity index (χ3v) is 9.16. The molecular formula is C43H81NO2. The molecule has 3 heteroatoms. The van der Waals surface area contributed by atoms with E-state index in [0.29, 0.717) is 6.42 Å². The standard InChI is InChI=1S/C43H81NO2/c1-6-8-10-12-14-15-16-17-18-19-20-21-22-23-28-32-37-42(46-43(45)39-34-40-44(4)5)38-33-29-25-24-27-31-36-41(3)35-30-26-13-11-9-7-2/h13,17-18,26,35,42H,6-12,14-16,19-25,27-34,36-40H2,1-5H3/b18-17-,26-13-,41-35+. The summed E-state index contributed by atoms with van der Waals surface area (Å²) in [6, 6.07) is 0. The van der Waals surface area contributed by atoms with Gasteiger partial charge in [-0.05, 0) is 111 Å². The molecule has 1 atom stereocenters. The molecule has 0 aliphatic heterocycles. The number of rotatable bonds is 35. The van der Waals surface area contributed by atoms with Crippen molar-refractivity contribution >= 4 is 5.97 Å². The summed E-state index contributed by atoms with van der Waals surface area (Å²) < 4.78 is 6.01. The third-order valence-electron chi connectivity index (χ3n) is 9.16. The summed E-state index contributed by atoms with van der Waals surface area (Å²) in [7, 11) is 4.13. The third kappa shape index (κ3) is 35.5. The van der Waals surface area contributed by atoms with Crippen molar-refractivity contribution < 1.29 is 9.53 Å². The zero-order chi connectivity index (χ0) is 33.8. The van der Waals surface area contributed by atoms with Gasteiger partial charge in [-0.2, -0.15) is 0 Å². The van der Waals surface area contributed by atoms with Crippen molar-refractivity contribution in [2.45, 2.75) is 213 Å². The van der Waals surface area contributed by atoms with Crippen molar-refractivity contribution in [3.63, 3.8) is 0 Å². The van der Waals surface area contributed by atoms with Crippen molar-refractivity contribution in [1.82, 2.24) is 4.90 Å². The lowest BCUT2D eigenvalue weighted by Crippen LogP contribution is -2.20. The van der Waals surface area contributed by atoms with Gasteiger partial charge in [0.1, 0.15) is 6.10 Å². The molecule has 0 aromatic carbocycles. The molecule has 0 N–H and O–H groups in total. The van der Waals surface area contributed by atoms with Gasteiger partial charge in [0.2, 0.25) is 0 Å². The number of nitrogens with zero attached hydrogens (tertiary/aromatic N) is 1. The van der Waals surface area contributed by atoms with E-state index < -0.39 is 0 Å². The first-order valence-electron chi connectivity index (χ1n) is 20.3. The largest absolute Gasteiger partial charge is 0.462 e. The summed E-state index contributed by atoms with van der Waals surface area (Å²) >= 11 is 0. The Morgan fingerprint density at radius 3 is 1.61 bits per heavy atom. The number of unbranched alkanes of at least 4 members (excludes halogenated alkanes) is 19. The Kier molecular flexibility index (Phi) is 35.4. The molecule has 0 aromatic rings. The van der Waals surface area contributed by atoms with Gasteiger partial charge in [0, 0.05) is 6.42 Å². The summed E-state index contributed by atoms with van der Waals surface area (Å²) in [5, 5.41) is 0. The number of hydrogen-bond donors (Lipinski definition) is 0. The van der Waals surface area contributed by atoms with Crippen molar-refractivity contribution in [2.75, 3.05) is 20.6 Å². The smallest absolute Gasteiger partial charge is 0.306 e. The van der Waals surface area contributed by atoms with E-state index >= 15 is 0 Å². The Morgan fingerprint density at radius 2 is 1.04 bits per heavy atom. The van der Waals surface area contributed by atoms with Crippen molar-refractivity contribution in [3.05, 3.63) is 36.0 Å². The predicted molar refractivity (Wildman–Crippen MR) is 206 cm³/mol. The van der Waals surface area contributed by atoms with E-state index in [1.165, 1.54) is 154 Å². The minimum atomic E-state index is 0.0104. The molecule has 3 nitrogen and oxygen atoms in total. The number of ether oxygens (including phenoxy) is 1. The highest BCUT2D eigenvalue weighted by Gasteiger charge is 2.14. The molecule has 0 amide bonds. The molecule has 270 valence electrons. The zero-order valence-electron chi connectivity index (χ0n) is 31.9. The summed E-state index contributed by atoms with van der Waals surface area (Å²) in [5.74, 6) is 0.0104. The van der Waals surface area contributed by atoms with Crippen molar-refractivity contribution in [2.24, 2.45) is 0 Å². The lowest BCUT2D eigenvalue weighted by atomic mass is 10.0. The van der Waals surface area contributed by atoms with E-state index in [1.807, 2.05) is 0 Å². The van der Waals surface area contributed by atoms with Crippen LogP contribution in [-0.4, -0.2) is 37.6 Å². The highest BCUT2D eigenvalue weighted by Crippen LogP contribution is 2.19. The van der Waals surface area contributed by atoms with E-state index in [-0.39, 0.29) is 12.1 Å². The minimum Gasteiger partial charge on any atom is -0.462 e. The molecule has 0 saturated carbocycles. The normalized spacial score (nSPS) is 13.0. The molecule has 1 unspecified atom stereocenters. The van der Waals surface area contributed by atoms with Crippen LogP contribution < -0.4 is 0 Å². The fraction of sp³-hybridized carbons (Fsp3) is 0.837. The average Bonchev–Trinajstić information content (AvgIpc) is 3.03. The molecule has 0 fully saturated rings. The van der Waals surface area contributed by atoms with E-state index in [2.05, 4.69) is 70.1 Å². The average molecular weight is 644 g/mol. The molecule has 46 heavy (non-hydrogen) atoms. The van der Waals surface area contributed by atoms with Crippen LogP contribution in [-0.2, 0) is 9.53 Å². The molecule has 0 aliphatic carbocycles. The van der Waals surface area contributed by atoms with E-state index in [1.54, 1.807) is 5.57 Å². The molecule has 0 spiro atoms. The number of carbonyl (C=O) groups excluding carboxylic acids is 1. The number of carbonyl (C=O) groups is 1. The van der Waals surface area contributed by atoms with Gasteiger partial charge in [0.25, 0.3) is 0 Å². The van der Waals surface area contributed by atoms with E-state index in [9.17, 15) is 4.79 Å². The van der Waals surface area contributed by atoms with Crippen LogP contribution in [0, 0.1) is 0 Å². The second kappa shape index (κ2) is 36.5. The van der Waals surface area contributed by atoms with Crippen LogP contribution in [0.1, 0.15) is 207 Å². The molecule has 0 saturated heterocycles. The quantitative estimate of drug-likeness (QED) is 0.0391. The Labute approximate surface area is 289 Å². The van der Waals surface area contributed by atoms with Gasteiger partial charge in [0.15, 0.2) is 0 Å². The highest BCUT2D eigenvalue weighted by molar-refractivity contribution is 5.69. The fourth-order valence-corrected chi connectivity index (χ4v) is 6.06. The van der Waals surface area contributed by atoms with Gasteiger partial charge >= 0.3 is 5.97 Å². The first-order valence-corrected chi connectivity index (χ1v) is 20.3. The maximum absolute atomic E-state index is 12.5. The van der Waals surface area contributed by atoms with Gasteiger partial charge in [-0.25, -0.2) is 0 Å². The van der Waals surface area contributed by atoms with E-state index in [0.717, 1.165) is 32.2 Å². The zero-order valence-corrected chi connectivity index (χ0v) is 31.9. The minimum absolute atomic E-state index is 0.0104. The molecule has 0 aliphatic rings. The van der Waals surface area contributed by atoms with Crippen LogP contribution in [0.4, 0.5) is 0 Å². The van der Waals surface area contributed by atoms with Crippen LogP contribution in [0.3, 0.4) is 0 Å². The second-order valence-electron chi connectivity index (χ2n) is 14.3. The Morgan fingerprint density at radius 1 is 0.565 bits per heavy atom. The predicted octanol–water partition coefficient (Wildman–Crippen LogP) is 13.9. The molecule has 0 rings (SSSR count). The van der Waals surface area contributed by atoms with E-state index in [4.69, 9.17) is 4.74 Å². The van der Waals surface area contributed by atoms with Gasteiger partial charge in [-0.3, -0.25) is 4.79 Å². The van der Waals surface area contributed by atoms with Gasteiger partial charge in [-0.1, -0.05) is 146 Å². The molecule has 0 aromatic heterocycles. The molecule has 0 radical (unpaired) electrons. The lowest BCUT2D eigenvalue weighted by Gasteiger charge is -2.18. The maximum Gasteiger partial charge on any atom is 0.306 e. The fourth-order valence-electron chi connectivity index (χ4n) is 6.06. The second-order valence-corrected chi connectivity index (χ2v) is 14.3. The number of esters is 1. The Bertz CT molecular complexity index is 722. The number of allylic oxidation sites excluding steroid dienone is 6. The first kappa shape index (κ1) is 44.6. The van der Waals surface area contributed by atoms with Crippen LogP contribution in [0.2, 0.25) is 0 Å². The summed E-state index contributed by atoms with van der Waals surface area (Å²) in [6.07, 6.45) is 48.0. The number of hydrogen-bond acceptors (Lipinski definition) is 3. The van der Waals surface area contributed by atoms with Crippen LogP contribution in [0.25, 0.3) is 0 Å². The maximum atomic E-state index is 12.5. The Balaban J connectivity index is 4.06. The Hall–Kier alpha value is -1.35. The van der Waals surface area contributed by atoms with Crippen molar-refractivity contribution in [3.8, 4) is 0 Å². The molecule has 0 heterocycles. The monoisotopic (exact) mass is 644 g/mol. The van der Waals surface area contributed by atoms with Crippen LogP contribution >= 0.6 is 0 Å². The molecular weight excluding hydrogens is 562 g/mol. The van der Waals surface area contributed by atoms with Gasteiger partial charge < -0.3 is 9.64 Å². The summed E-state index contributed by atoms with van der Waals surface area (Å²) in [5.41, 5.74) is 1.54. The van der Waals surface area contributed by atoms with Gasteiger partial charge in [0.05, 0.1) is 0 Å². The SMILES string of the molecule is CCCC/C=C\C/C=C(\C)CCCCCCCCC(CCCCCCCC/C=C\CCCCCCCC)OC(=O)CCCN(C)C. The molecule has 0 bridgehead atoms. The summed E-state index contributed by atoms with van der Waals surface area (Å²) in [4.78, 5) is 14.7. The van der Waals surface area contributed by atoms with Crippen molar-refractivity contribution in [1.29, 1.82) is 0 Å². The van der Waals surface area contributed by atoms with Gasteiger partial charge in [-0.15, -0.1) is 0 Å².